The molecule has 5 heterocycles. The Hall–Kier alpha value is -3.52. The minimum atomic E-state index is -0.691. The van der Waals surface area contributed by atoms with Crippen LogP contribution in [0.25, 0.3) is 46.4 Å². The number of H-pyrrole nitrogens is 2. The van der Waals surface area contributed by atoms with E-state index in [1.165, 1.54) is 0 Å². The predicted molar refractivity (Wildman–Crippen MR) is 110 cm³/mol. The minimum absolute atomic E-state index is 0.174. The van der Waals surface area contributed by atoms with E-state index in [1.807, 2.05) is 48.6 Å². The molecule has 0 aliphatic carbocycles. The number of fused-ring (bicyclic) bond motifs is 8. The van der Waals surface area contributed by atoms with Gasteiger partial charge in [0.05, 0.1) is 22.8 Å². The molecular weight excluding hydrogens is 420 g/mol. The van der Waals surface area contributed by atoms with E-state index in [4.69, 9.17) is 10.1 Å². The Morgan fingerprint density at radius 2 is 1.00 bits per heavy atom. The van der Waals surface area contributed by atoms with Gasteiger partial charge in [0, 0.05) is 22.1 Å². The maximum atomic E-state index is 9.01. The molecule has 8 nitrogen and oxygen atoms in total. The summed E-state index contributed by atoms with van der Waals surface area (Å²) in [5.74, 6) is 0. The van der Waals surface area contributed by atoms with Crippen molar-refractivity contribution in [1.82, 2.24) is 19.9 Å². The van der Waals surface area contributed by atoms with Gasteiger partial charge >= 0.3 is 34.2 Å². The van der Waals surface area contributed by atoms with Gasteiger partial charge in [0.15, 0.2) is 0 Å². The van der Waals surface area contributed by atoms with Gasteiger partial charge in [0.25, 0.3) is 0 Å². The summed E-state index contributed by atoms with van der Waals surface area (Å²) in [4.78, 5) is 25.0. The zero-order valence-corrected chi connectivity index (χ0v) is 15.9. The van der Waals surface area contributed by atoms with Crippen molar-refractivity contribution in [3.05, 3.63) is 81.4 Å². The SMILES string of the molecule is C1=Cc2cc3ccc(cc4nc(cc5ccc(cc1n2)[nH]5)C=C4)[nH]3.[NH2][Cu][N+](=O)[O-]. The van der Waals surface area contributed by atoms with Gasteiger partial charge in [0.1, 0.15) is 0 Å². The first kappa shape index (κ1) is 18.8. The molecule has 0 atom stereocenters. The standard InChI is InChI=1S/C20H14N4.Cu.NO2.H2N/c1-2-14-10-16-5-6-18(23-16)12-20-8-7-19(24-20)11-17-4-3-15(22-17)9-13(1)21-14;;2-1-3;/h1-12,21,24H;;;1H2/q;+1;;-1. The molecule has 0 spiro atoms. The third-order valence-corrected chi connectivity index (χ3v) is 4.30. The Bertz CT molecular complexity index is 1110. The molecule has 8 bridgehead atoms. The van der Waals surface area contributed by atoms with E-state index in [0.717, 1.165) is 44.8 Å². The number of aromatic nitrogens is 4. The van der Waals surface area contributed by atoms with Crippen LogP contribution in [-0.2, 0) is 15.4 Å². The zero-order valence-electron chi connectivity index (χ0n) is 15.0. The Balaban J connectivity index is 0.000000369. The van der Waals surface area contributed by atoms with Gasteiger partial charge in [-0.2, -0.15) is 0 Å². The van der Waals surface area contributed by atoms with E-state index in [9.17, 15) is 0 Å². The number of aromatic amines is 2. The first-order valence-electron chi connectivity index (χ1n) is 8.52. The number of hydrogen-bond donors (Lipinski definition) is 3. The second-order valence-electron chi connectivity index (χ2n) is 6.17. The fraction of sp³-hybridized carbons (Fsp3) is 0. The molecule has 5 rings (SSSR count). The summed E-state index contributed by atoms with van der Waals surface area (Å²) in [6.45, 7) is 0. The normalized spacial score (nSPS) is 11.9. The van der Waals surface area contributed by atoms with Crippen LogP contribution < -0.4 is 4.75 Å². The van der Waals surface area contributed by atoms with Crippen LogP contribution in [0, 0.1) is 10.1 Å². The average Bonchev–Trinajstić information content (AvgIpc) is 3.47. The van der Waals surface area contributed by atoms with E-state index in [2.05, 4.69) is 49.0 Å². The summed E-state index contributed by atoms with van der Waals surface area (Å²) in [5, 5.41) is 9.01. The van der Waals surface area contributed by atoms with Crippen LogP contribution in [0.2, 0.25) is 0 Å². The van der Waals surface area contributed by atoms with E-state index in [1.54, 1.807) is 0 Å². The molecule has 149 valence electrons. The summed E-state index contributed by atoms with van der Waals surface area (Å²) in [5.41, 5.74) is 7.86. The molecule has 29 heavy (non-hydrogen) atoms. The van der Waals surface area contributed by atoms with Crippen LogP contribution in [0.4, 0.5) is 0 Å². The summed E-state index contributed by atoms with van der Waals surface area (Å²) in [6, 6.07) is 16.4. The molecule has 0 fully saturated rings. The Kier molecular flexibility index (Phi) is 5.35. The van der Waals surface area contributed by atoms with Crippen LogP contribution in [-0.4, -0.2) is 23.9 Å². The topological polar surface area (TPSA) is 127 Å². The first-order valence-corrected chi connectivity index (χ1v) is 9.49. The number of nitro groups is 1. The molecule has 0 amide bonds. The van der Waals surface area contributed by atoms with Crippen molar-refractivity contribution in [2.75, 3.05) is 0 Å². The average molecular weight is 436 g/mol. The number of nitrogens with one attached hydrogen (secondary N) is 2. The van der Waals surface area contributed by atoms with Crippen molar-refractivity contribution >= 4 is 46.4 Å². The van der Waals surface area contributed by atoms with Gasteiger partial charge in [-0.3, -0.25) is 0 Å². The van der Waals surface area contributed by atoms with E-state index in [0.29, 0.717) is 0 Å². The van der Waals surface area contributed by atoms with Crippen LogP contribution in [0.5, 0.6) is 0 Å². The van der Waals surface area contributed by atoms with Gasteiger partial charge in [-0.05, 0) is 72.8 Å². The van der Waals surface area contributed by atoms with E-state index < -0.39 is 3.94 Å². The molecule has 0 aromatic carbocycles. The Morgan fingerprint density at radius 1 is 0.724 bits per heavy atom. The second kappa shape index (κ2) is 8.24. The van der Waals surface area contributed by atoms with Crippen molar-refractivity contribution in [1.29, 1.82) is 0 Å². The Morgan fingerprint density at radius 3 is 1.24 bits per heavy atom. The molecule has 0 unspecified atom stereocenters. The molecule has 0 radical (unpaired) electrons. The number of nitrogens with zero attached hydrogens (tertiary/aromatic N) is 3. The first-order chi connectivity index (χ1) is 14.1. The molecule has 3 aromatic heterocycles. The predicted octanol–water partition coefficient (Wildman–Crippen LogP) is 3.79. The molecule has 2 aliphatic rings. The van der Waals surface area contributed by atoms with Gasteiger partial charge in [-0.25, -0.2) is 9.97 Å². The summed E-state index contributed by atoms with van der Waals surface area (Å²) < 4.78 is 3.69. The maximum absolute atomic E-state index is 9.01. The van der Waals surface area contributed by atoms with Crippen molar-refractivity contribution in [3.63, 3.8) is 0 Å². The molecule has 4 N–H and O–H groups in total. The monoisotopic (exact) mass is 435 g/mol. The van der Waals surface area contributed by atoms with Crippen LogP contribution in [0.3, 0.4) is 0 Å². The quantitative estimate of drug-likeness (QED) is 0.210. The fourth-order valence-corrected chi connectivity index (χ4v) is 2.94. The molecule has 0 saturated carbocycles. The second-order valence-corrected chi connectivity index (χ2v) is 6.75. The summed E-state index contributed by atoms with van der Waals surface area (Å²) in [7, 11) is 0. The van der Waals surface area contributed by atoms with E-state index >= 15 is 0 Å². The van der Waals surface area contributed by atoms with Gasteiger partial charge in [0.2, 0.25) is 0 Å². The van der Waals surface area contributed by atoms with Crippen molar-refractivity contribution in [2.45, 2.75) is 0 Å². The van der Waals surface area contributed by atoms with Gasteiger partial charge in [-0.15, -0.1) is 0 Å². The van der Waals surface area contributed by atoms with Crippen LogP contribution >= 0.6 is 0 Å². The van der Waals surface area contributed by atoms with E-state index in [-0.39, 0.29) is 15.4 Å². The van der Waals surface area contributed by atoms with Crippen LogP contribution in [0.1, 0.15) is 22.8 Å². The third-order valence-electron chi connectivity index (χ3n) is 4.11. The molecule has 0 saturated heterocycles. The van der Waals surface area contributed by atoms with Crippen molar-refractivity contribution < 1.29 is 19.3 Å². The van der Waals surface area contributed by atoms with Crippen molar-refractivity contribution in [3.8, 4) is 0 Å². The molecular formula is C20H16CuN6O2. The molecule has 3 aromatic rings. The third kappa shape index (κ3) is 4.85. The fourth-order valence-electron chi connectivity index (χ4n) is 2.94. The van der Waals surface area contributed by atoms with Gasteiger partial charge in [-0.1, -0.05) is 0 Å². The van der Waals surface area contributed by atoms with Crippen molar-refractivity contribution in [2.24, 2.45) is 4.75 Å². The molecule has 9 heteroatoms. The number of rotatable bonds is 1. The zero-order chi connectivity index (χ0) is 20.2. The van der Waals surface area contributed by atoms with Crippen LogP contribution in [0.15, 0.2) is 48.5 Å². The Labute approximate surface area is 172 Å². The number of hydrogen-bond acceptors (Lipinski definition) is 5. The van der Waals surface area contributed by atoms with Gasteiger partial charge < -0.3 is 9.97 Å². The molecule has 2 aliphatic heterocycles. The summed E-state index contributed by atoms with van der Waals surface area (Å²) in [6.07, 6.45) is 8.09. The summed E-state index contributed by atoms with van der Waals surface area (Å²) >= 11 is 0.174. The number of nitrogens with two attached hydrogens (primary N) is 1.